The smallest absolute Gasteiger partial charge is 0.309 e. The molecule has 4 heteroatoms. The van der Waals surface area contributed by atoms with E-state index >= 15 is 0 Å². The first-order valence-corrected chi connectivity index (χ1v) is 6.89. The molecule has 2 nitrogen and oxygen atoms in total. The number of hydrogen-bond donors (Lipinski definition) is 1. The van der Waals surface area contributed by atoms with Gasteiger partial charge in [0, 0.05) is 4.47 Å². The Morgan fingerprint density at radius 1 is 1.56 bits per heavy atom. The molecule has 0 saturated heterocycles. The van der Waals surface area contributed by atoms with Crippen LogP contribution >= 0.6 is 15.9 Å². The number of benzene rings is 1. The quantitative estimate of drug-likeness (QED) is 0.914. The normalized spacial score (nSPS) is 27.4. The highest BCUT2D eigenvalue weighted by Crippen LogP contribution is 2.44. The Kier molecular flexibility index (Phi) is 3.76. The molecule has 2 rings (SSSR count). The monoisotopic (exact) mass is 314 g/mol. The van der Waals surface area contributed by atoms with Crippen molar-refractivity contribution in [2.75, 3.05) is 0 Å². The molecule has 18 heavy (non-hydrogen) atoms. The summed E-state index contributed by atoms with van der Waals surface area (Å²) in [5.41, 5.74) is 0.0329. The molecule has 0 amide bonds. The topological polar surface area (TPSA) is 37.3 Å². The Hall–Kier alpha value is -0.900. The van der Waals surface area contributed by atoms with Crippen LogP contribution in [0.25, 0.3) is 0 Å². The van der Waals surface area contributed by atoms with Gasteiger partial charge in [-0.25, -0.2) is 4.39 Å². The third-order valence-corrected chi connectivity index (χ3v) is 4.23. The summed E-state index contributed by atoms with van der Waals surface area (Å²) in [5.74, 6) is -0.656. The second-order valence-electron chi connectivity index (χ2n) is 5.39. The van der Waals surface area contributed by atoms with Crippen molar-refractivity contribution in [1.29, 1.82) is 0 Å². The van der Waals surface area contributed by atoms with Gasteiger partial charge in [0.25, 0.3) is 0 Å². The molecular weight excluding hydrogens is 299 g/mol. The SMILES string of the molecule is CC1CCC(Cc2cc(F)cc(Br)c2)(C(=O)O)C1. The third kappa shape index (κ3) is 2.74. The number of rotatable bonds is 3. The maximum atomic E-state index is 13.3. The Bertz CT molecular complexity index is 455. The number of carbonyl (C=O) groups is 1. The molecule has 2 unspecified atom stereocenters. The average Bonchev–Trinajstić information content (AvgIpc) is 2.59. The van der Waals surface area contributed by atoms with Gasteiger partial charge in [0.05, 0.1) is 5.41 Å². The van der Waals surface area contributed by atoms with E-state index in [1.165, 1.54) is 12.1 Å². The molecule has 98 valence electrons. The van der Waals surface area contributed by atoms with Gasteiger partial charge in [-0.2, -0.15) is 0 Å². The van der Waals surface area contributed by atoms with Crippen molar-refractivity contribution >= 4 is 21.9 Å². The van der Waals surface area contributed by atoms with E-state index in [1.54, 1.807) is 6.07 Å². The Morgan fingerprint density at radius 3 is 2.78 bits per heavy atom. The highest BCUT2D eigenvalue weighted by Gasteiger charge is 2.44. The van der Waals surface area contributed by atoms with E-state index < -0.39 is 11.4 Å². The molecule has 2 atom stereocenters. The molecule has 0 heterocycles. The summed E-state index contributed by atoms with van der Waals surface area (Å²) in [4.78, 5) is 11.5. The predicted molar refractivity (Wildman–Crippen MR) is 70.9 cm³/mol. The maximum absolute atomic E-state index is 13.3. The molecule has 0 aliphatic heterocycles. The van der Waals surface area contributed by atoms with Crippen molar-refractivity contribution in [1.82, 2.24) is 0 Å². The van der Waals surface area contributed by atoms with Gasteiger partial charge in [-0.1, -0.05) is 22.9 Å². The lowest BCUT2D eigenvalue weighted by atomic mass is 9.79. The molecule has 0 spiro atoms. The lowest BCUT2D eigenvalue weighted by Crippen LogP contribution is -2.30. The molecule has 1 aromatic rings. The highest BCUT2D eigenvalue weighted by atomic mass is 79.9. The first-order valence-electron chi connectivity index (χ1n) is 6.10. The van der Waals surface area contributed by atoms with E-state index in [0.717, 1.165) is 12.0 Å². The molecule has 1 aromatic carbocycles. The molecule has 1 saturated carbocycles. The van der Waals surface area contributed by atoms with Crippen molar-refractivity contribution in [2.24, 2.45) is 11.3 Å². The third-order valence-electron chi connectivity index (χ3n) is 3.77. The van der Waals surface area contributed by atoms with E-state index in [2.05, 4.69) is 22.9 Å². The summed E-state index contributed by atoms with van der Waals surface area (Å²) in [6, 6.07) is 4.61. The fraction of sp³-hybridized carbons (Fsp3) is 0.500. The first kappa shape index (κ1) is 13.5. The Morgan fingerprint density at radius 2 is 2.28 bits per heavy atom. The summed E-state index contributed by atoms with van der Waals surface area (Å²) >= 11 is 3.24. The molecule has 1 fully saturated rings. The van der Waals surface area contributed by atoms with Gasteiger partial charge in [0.2, 0.25) is 0 Å². The van der Waals surface area contributed by atoms with Crippen LogP contribution in [0, 0.1) is 17.2 Å². The van der Waals surface area contributed by atoms with Crippen molar-refractivity contribution in [3.63, 3.8) is 0 Å². The van der Waals surface area contributed by atoms with E-state index in [9.17, 15) is 14.3 Å². The number of carboxylic acid groups (broad SMARTS) is 1. The molecular formula is C14H16BrFO2. The fourth-order valence-corrected chi connectivity index (χ4v) is 3.44. The van der Waals surface area contributed by atoms with E-state index in [-0.39, 0.29) is 5.82 Å². The fourth-order valence-electron chi connectivity index (χ4n) is 2.93. The van der Waals surface area contributed by atoms with Crippen LogP contribution in [0.3, 0.4) is 0 Å². The van der Waals surface area contributed by atoms with Gasteiger partial charge in [0.1, 0.15) is 5.82 Å². The zero-order valence-corrected chi connectivity index (χ0v) is 11.8. The molecule has 0 bridgehead atoms. The van der Waals surface area contributed by atoms with Crippen LogP contribution in [0.1, 0.15) is 31.7 Å². The van der Waals surface area contributed by atoms with Crippen LogP contribution in [0.2, 0.25) is 0 Å². The molecule has 1 N–H and O–H groups in total. The molecule has 0 aromatic heterocycles. The number of carboxylic acids is 1. The summed E-state index contributed by atoms with van der Waals surface area (Å²) < 4.78 is 14.0. The molecule has 1 aliphatic rings. The lowest BCUT2D eigenvalue weighted by molar-refractivity contribution is -0.148. The van der Waals surface area contributed by atoms with Crippen molar-refractivity contribution in [3.05, 3.63) is 34.1 Å². The second-order valence-corrected chi connectivity index (χ2v) is 6.30. The van der Waals surface area contributed by atoms with Crippen molar-refractivity contribution < 1.29 is 14.3 Å². The molecule has 1 aliphatic carbocycles. The minimum absolute atomic E-state index is 0.328. The van der Waals surface area contributed by atoms with Gasteiger partial charge in [0.15, 0.2) is 0 Å². The Balaban J connectivity index is 2.27. The zero-order chi connectivity index (χ0) is 13.3. The minimum Gasteiger partial charge on any atom is -0.481 e. The van der Waals surface area contributed by atoms with Gasteiger partial charge >= 0.3 is 5.97 Å². The summed E-state index contributed by atoms with van der Waals surface area (Å²) in [5, 5.41) is 9.48. The summed E-state index contributed by atoms with van der Waals surface area (Å²) in [6.45, 7) is 2.08. The van der Waals surface area contributed by atoms with Crippen molar-refractivity contribution in [2.45, 2.75) is 32.6 Å². The van der Waals surface area contributed by atoms with Crippen molar-refractivity contribution in [3.8, 4) is 0 Å². The summed E-state index contributed by atoms with van der Waals surface area (Å²) in [7, 11) is 0. The maximum Gasteiger partial charge on any atom is 0.309 e. The second kappa shape index (κ2) is 5.00. The lowest BCUT2D eigenvalue weighted by Gasteiger charge is -2.24. The van der Waals surface area contributed by atoms with Crippen LogP contribution in [0.4, 0.5) is 4.39 Å². The molecule has 0 radical (unpaired) electrons. The number of aliphatic carboxylic acids is 1. The van der Waals surface area contributed by atoms with Crippen LogP contribution in [0.5, 0.6) is 0 Å². The van der Waals surface area contributed by atoms with Gasteiger partial charge in [-0.15, -0.1) is 0 Å². The van der Waals surface area contributed by atoms with Crippen LogP contribution in [-0.2, 0) is 11.2 Å². The van der Waals surface area contributed by atoms with Crippen LogP contribution < -0.4 is 0 Å². The van der Waals surface area contributed by atoms with E-state index in [1.807, 2.05) is 0 Å². The zero-order valence-electron chi connectivity index (χ0n) is 10.2. The van der Waals surface area contributed by atoms with Crippen LogP contribution in [0.15, 0.2) is 22.7 Å². The Labute approximate surface area is 114 Å². The minimum atomic E-state index is -0.757. The van der Waals surface area contributed by atoms with Gasteiger partial charge < -0.3 is 5.11 Å². The van der Waals surface area contributed by atoms with Gasteiger partial charge in [-0.05, 0) is 55.4 Å². The van der Waals surface area contributed by atoms with Crippen LogP contribution in [-0.4, -0.2) is 11.1 Å². The van der Waals surface area contributed by atoms with Gasteiger partial charge in [-0.3, -0.25) is 4.79 Å². The number of hydrogen-bond acceptors (Lipinski definition) is 1. The highest BCUT2D eigenvalue weighted by molar-refractivity contribution is 9.10. The van der Waals surface area contributed by atoms with E-state index in [0.29, 0.717) is 29.7 Å². The van der Waals surface area contributed by atoms with E-state index in [4.69, 9.17) is 0 Å². The first-order chi connectivity index (χ1) is 8.41. The standard InChI is InChI=1S/C14H16BrFO2/c1-9-2-3-14(7-9,13(17)18)8-10-4-11(15)6-12(16)5-10/h4-6,9H,2-3,7-8H2,1H3,(H,17,18). The average molecular weight is 315 g/mol. The number of halogens is 2. The predicted octanol–water partition coefficient (Wildman–Crippen LogP) is 4.02. The summed E-state index contributed by atoms with van der Waals surface area (Å²) in [6.07, 6.45) is 2.69. The largest absolute Gasteiger partial charge is 0.481 e.